The van der Waals surface area contributed by atoms with E-state index in [0.29, 0.717) is 0 Å². The molecule has 0 spiro atoms. The molecule has 1 aliphatic carbocycles. The van der Waals surface area contributed by atoms with Gasteiger partial charge in [-0.2, -0.15) is 0 Å². The Morgan fingerprint density at radius 3 is 2.33 bits per heavy atom. The Kier molecular flexibility index (Phi) is 1.71. The standard InChI is InChI=1S/C6H12N2O/c7-5-3-1-2-4(5)6(8)9/h4-5H,1-3,7H2,(H2,8,9)/t4-,5+/m1/s1. The van der Waals surface area contributed by atoms with E-state index in [0.717, 1.165) is 19.3 Å². The highest BCUT2D eigenvalue weighted by atomic mass is 16.1. The Morgan fingerprint density at radius 1 is 1.44 bits per heavy atom. The molecule has 0 bridgehead atoms. The number of rotatable bonds is 1. The zero-order valence-corrected chi connectivity index (χ0v) is 5.34. The van der Waals surface area contributed by atoms with Gasteiger partial charge in [0.25, 0.3) is 0 Å². The van der Waals surface area contributed by atoms with Crippen LogP contribution < -0.4 is 11.5 Å². The summed E-state index contributed by atoms with van der Waals surface area (Å²) in [4.78, 5) is 10.6. The van der Waals surface area contributed by atoms with E-state index in [1.54, 1.807) is 0 Å². The van der Waals surface area contributed by atoms with Crippen LogP contribution in [0.1, 0.15) is 19.3 Å². The highest BCUT2D eigenvalue weighted by molar-refractivity contribution is 5.77. The summed E-state index contributed by atoms with van der Waals surface area (Å²) in [6.45, 7) is 0. The summed E-state index contributed by atoms with van der Waals surface area (Å²) < 4.78 is 0. The van der Waals surface area contributed by atoms with Gasteiger partial charge in [-0.05, 0) is 12.8 Å². The summed E-state index contributed by atoms with van der Waals surface area (Å²) in [5.41, 5.74) is 10.6. The lowest BCUT2D eigenvalue weighted by molar-refractivity contribution is -0.121. The molecular weight excluding hydrogens is 116 g/mol. The summed E-state index contributed by atoms with van der Waals surface area (Å²) in [7, 11) is 0. The number of hydrogen-bond acceptors (Lipinski definition) is 2. The zero-order valence-electron chi connectivity index (χ0n) is 5.34. The van der Waals surface area contributed by atoms with Crippen LogP contribution in [0.4, 0.5) is 0 Å². The fourth-order valence-electron chi connectivity index (χ4n) is 1.34. The monoisotopic (exact) mass is 128 g/mol. The van der Waals surface area contributed by atoms with Crippen LogP contribution in [0, 0.1) is 5.92 Å². The zero-order chi connectivity index (χ0) is 6.85. The molecule has 3 nitrogen and oxygen atoms in total. The van der Waals surface area contributed by atoms with Crippen LogP contribution in [0.3, 0.4) is 0 Å². The predicted octanol–water partition coefficient (Wildman–Crippen LogP) is -0.401. The van der Waals surface area contributed by atoms with Crippen LogP contribution in [0.5, 0.6) is 0 Å². The molecule has 0 unspecified atom stereocenters. The van der Waals surface area contributed by atoms with Crippen molar-refractivity contribution in [3.05, 3.63) is 0 Å². The third kappa shape index (κ3) is 1.21. The highest BCUT2D eigenvalue weighted by Gasteiger charge is 2.27. The molecule has 4 N–H and O–H groups in total. The molecule has 1 rings (SSSR count). The molecular formula is C6H12N2O. The SMILES string of the molecule is NC(=O)[C@@H]1CCC[C@@H]1N. The molecule has 0 aromatic rings. The number of primary amides is 1. The van der Waals surface area contributed by atoms with Gasteiger partial charge in [-0.3, -0.25) is 4.79 Å². The number of carbonyl (C=O) groups excluding carboxylic acids is 1. The second-order valence-corrected chi connectivity index (χ2v) is 2.60. The molecule has 3 heteroatoms. The van der Waals surface area contributed by atoms with Crippen molar-refractivity contribution in [3.8, 4) is 0 Å². The highest BCUT2D eigenvalue weighted by Crippen LogP contribution is 2.22. The minimum Gasteiger partial charge on any atom is -0.369 e. The Bertz CT molecular complexity index is 124. The van der Waals surface area contributed by atoms with Crippen molar-refractivity contribution < 1.29 is 4.79 Å². The van der Waals surface area contributed by atoms with Crippen molar-refractivity contribution >= 4 is 5.91 Å². The lowest BCUT2D eigenvalue weighted by Gasteiger charge is -2.08. The minimum absolute atomic E-state index is 0.0301. The van der Waals surface area contributed by atoms with Crippen LogP contribution >= 0.6 is 0 Å². The molecule has 1 fully saturated rings. The average molecular weight is 128 g/mol. The van der Waals surface area contributed by atoms with E-state index in [-0.39, 0.29) is 17.9 Å². The molecule has 52 valence electrons. The van der Waals surface area contributed by atoms with E-state index in [4.69, 9.17) is 11.5 Å². The van der Waals surface area contributed by atoms with Crippen LogP contribution in [0.25, 0.3) is 0 Å². The van der Waals surface area contributed by atoms with Crippen molar-refractivity contribution in [1.82, 2.24) is 0 Å². The molecule has 1 amide bonds. The van der Waals surface area contributed by atoms with Gasteiger partial charge in [0.15, 0.2) is 0 Å². The molecule has 1 aliphatic rings. The smallest absolute Gasteiger partial charge is 0.222 e. The van der Waals surface area contributed by atoms with E-state index in [2.05, 4.69) is 0 Å². The van der Waals surface area contributed by atoms with E-state index >= 15 is 0 Å². The molecule has 0 saturated heterocycles. The van der Waals surface area contributed by atoms with Gasteiger partial charge in [0.2, 0.25) is 5.91 Å². The van der Waals surface area contributed by atoms with E-state index < -0.39 is 0 Å². The molecule has 9 heavy (non-hydrogen) atoms. The molecule has 0 heterocycles. The predicted molar refractivity (Wildman–Crippen MR) is 34.5 cm³/mol. The van der Waals surface area contributed by atoms with Gasteiger partial charge in [-0.15, -0.1) is 0 Å². The van der Waals surface area contributed by atoms with Gasteiger partial charge < -0.3 is 11.5 Å². The van der Waals surface area contributed by atoms with Gasteiger partial charge in [0, 0.05) is 6.04 Å². The summed E-state index contributed by atoms with van der Waals surface area (Å²) in [6, 6.07) is 0.0301. The van der Waals surface area contributed by atoms with Crippen LogP contribution in [-0.2, 0) is 4.79 Å². The topological polar surface area (TPSA) is 69.1 Å². The first kappa shape index (κ1) is 6.55. The summed E-state index contributed by atoms with van der Waals surface area (Å²) in [5.74, 6) is -0.287. The van der Waals surface area contributed by atoms with E-state index in [9.17, 15) is 4.79 Å². The second-order valence-electron chi connectivity index (χ2n) is 2.60. The number of carbonyl (C=O) groups is 1. The summed E-state index contributed by atoms with van der Waals surface area (Å²) in [6.07, 6.45) is 2.89. The fraction of sp³-hybridized carbons (Fsp3) is 0.833. The van der Waals surface area contributed by atoms with Gasteiger partial charge in [0.05, 0.1) is 5.92 Å². The largest absolute Gasteiger partial charge is 0.369 e. The molecule has 0 aliphatic heterocycles. The number of amides is 1. The van der Waals surface area contributed by atoms with E-state index in [1.165, 1.54) is 0 Å². The van der Waals surface area contributed by atoms with E-state index in [1.807, 2.05) is 0 Å². The Labute approximate surface area is 54.4 Å². The van der Waals surface area contributed by atoms with Crippen LogP contribution in [-0.4, -0.2) is 11.9 Å². The Hall–Kier alpha value is -0.570. The van der Waals surface area contributed by atoms with Gasteiger partial charge in [-0.1, -0.05) is 6.42 Å². The van der Waals surface area contributed by atoms with Crippen molar-refractivity contribution in [1.29, 1.82) is 0 Å². The van der Waals surface area contributed by atoms with Crippen molar-refractivity contribution in [3.63, 3.8) is 0 Å². The van der Waals surface area contributed by atoms with Crippen LogP contribution in [0.2, 0.25) is 0 Å². The quantitative estimate of drug-likeness (QED) is 0.504. The van der Waals surface area contributed by atoms with Gasteiger partial charge >= 0.3 is 0 Å². The maximum absolute atomic E-state index is 10.6. The molecule has 0 aromatic heterocycles. The maximum atomic E-state index is 10.6. The maximum Gasteiger partial charge on any atom is 0.222 e. The van der Waals surface area contributed by atoms with Crippen LogP contribution in [0.15, 0.2) is 0 Å². The molecule has 1 saturated carbocycles. The summed E-state index contributed by atoms with van der Waals surface area (Å²) >= 11 is 0. The average Bonchev–Trinajstić information content (AvgIpc) is 2.13. The third-order valence-electron chi connectivity index (χ3n) is 1.93. The van der Waals surface area contributed by atoms with Gasteiger partial charge in [-0.25, -0.2) is 0 Å². The normalized spacial score (nSPS) is 34.8. The Balaban J connectivity index is 2.49. The first-order valence-corrected chi connectivity index (χ1v) is 3.26. The minimum atomic E-state index is -0.236. The van der Waals surface area contributed by atoms with Crippen molar-refractivity contribution in [2.45, 2.75) is 25.3 Å². The van der Waals surface area contributed by atoms with Crippen molar-refractivity contribution in [2.24, 2.45) is 17.4 Å². The summed E-state index contributed by atoms with van der Waals surface area (Å²) in [5, 5.41) is 0. The second kappa shape index (κ2) is 2.35. The third-order valence-corrected chi connectivity index (χ3v) is 1.93. The first-order valence-electron chi connectivity index (χ1n) is 3.26. The lowest BCUT2D eigenvalue weighted by Crippen LogP contribution is -2.34. The van der Waals surface area contributed by atoms with Gasteiger partial charge in [0.1, 0.15) is 0 Å². The molecule has 0 aromatic carbocycles. The fourth-order valence-corrected chi connectivity index (χ4v) is 1.34. The first-order chi connectivity index (χ1) is 4.22. The number of hydrogen-bond donors (Lipinski definition) is 2. The molecule has 2 atom stereocenters. The molecule has 0 radical (unpaired) electrons. The lowest BCUT2D eigenvalue weighted by atomic mass is 10.0. The Morgan fingerprint density at radius 2 is 2.11 bits per heavy atom. The van der Waals surface area contributed by atoms with Crippen molar-refractivity contribution in [2.75, 3.05) is 0 Å². The number of nitrogens with two attached hydrogens (primary N) is 2.